The van der Waals surface area contributed by atoms with Crippen LogP contribution < -0.4 is 0 Å². The molecule has 1 saturated heterocycles. The summed E-state index contributed by atoms with van der Waals surface area (Å²) in [5, 5.41) is 0. The largest absolute Gasteiger partial charge is 0.327 e. The van der Waals surface area contributed by atoms with E-state index in [9.17, 15) is 4.57 Å². The summed E-state index contributed by atoms with van der Waals surface area (Å²) >= 11 is 1.76. The molecule has 0 aromatic carbocycles. The molecule has 0 saturated carbocycles. The fourth-order valence-corrected chi connectivity index (χ4v) is 2.44. The maximum absolute atomic E-state index is 11.2. The highest BCUT2D eigenvalue weighted by molar-refractivity contribution is 7.99. The minimum Gasteiger partial charge on any atom is -0.308 e. The number of hydrogen-bond acceptors (Lipinski definition) is 4. The van der Waals surface area contributed by atoms with E-state index in [0.29, 0.717) is 13.2 Å². The summed E-state index contributed by atoms with van der Waals surface area (Å²) in [5.74, 6) is 1.84. The molecule has 1 fully saturated rings. The lowest BCUT2D eigenvalue weighted by Crippen LogP contribution is -2.06. The maximum atomic E-state index is 11.2. The Kier molecular flexibility index (Phi) is 3.24. The molecule has 0 aromatic heterocycles. The highest BCUT2D eigenvalue weighted by Crippen LogP contribution is 2.44. The number of thioether (sulfide) groups is 1. The van der Waals surface area contributed by atoms with E-state index in [1.54, 1.807) is 11.8 Å². The first-order valence-electron chi connectivity index (χ1n) is 3.15. The van der Waals surface area contributed by atoms with Gasteiger partial charge in [-0.15, -0.1) is 0 Å². The van der Waals surface area contributed by atoms with E-state index in [1.807, 2.05) is 0 Å². The molecule has 60 valence electrons. The predicted octanol–water partition coefficient (Wildman–Crippen LogP) is 1.59. The molecule has 1 aliphatic rings. The van der Waals surface area contributed by atoms with E-state index < -0.39 is 7.60 Å². The van der Waals surface area contributed by atoms with Crippen LogP contribution in [0.4, 0.5) is 0 Å². The summed E-state index contributed by atoms with van der Waals surface area (Å²) in [5.41, 5.74) is 0. The average Bonchev–Trinajstić information content (AvgIpc) is 1.81. The van der Waals surface area contributed by atoms with Crippen molar-refractivity contribution in [1.82, 2.24) is 0 Å². The zero-order chi connectivity index (χ0) is 7.45. The molecule has 0 spiro atoms. The molecule has 0 N–H and O–H groups in total. The lowest BCUT2D eigenvalue weighted by Gasteiger charge is -2.16. The SMILES string of the molecule is CP1(=O)OCCSCCO1. The van der Waals surface area contributed by atoms with Gasteiger partial charge in [-0.25, -0.2) is 0 Å². The summed E-state index contributed by atoms with van der Waals surface area (Å²) in [6.45, 7) is 2.60. The van der Waals surface area contributed by atoms with Gasteiger partial charge in [0.25, 0.3) is 0 Å². The van der Waals surface area contributed by atoms with Crippen LogP contribution in [0.2, 0.25) is 0 Å². The summed E-state index contributed by atoms with van der Waals surface area (Å²) in [4.78, 5) is 0. The normalized spacial score (nSPS) is 26.9. The van der Waals surface area contributed by atoms with Crippen molar-refractivity contribution in [2.24, 2.45) is 0 Å². The first-order chi connectivity index (χ1) is 4.71. The minimum absolute atomic E-state index is 0.540. The van der Waals surface area contributed by atoms with Crippen molar-refractivity contribution in [3.8, 4) is 0 Å². The zero-order valence-corrected chi connectivity index (χ0v) is 7.62. The van der Waals surface area contributed by atoms with Gasteiger partial charge in [-0.2, -0.15) is 11.8 Å². The van der Waals surface area contributed by atoms with E-state index in [0.717, 1.165) is 11.5 Å². The van der Waals surface area contributed by atoms with Crippen molar-refractivity contribution in [1.29, 1.82) is 0 Å². The number of hydrogen-bond donors (Lipinski definition) is 0. The van der Waals surface area contributed by atoms with Crippen LogP contribution in [0.5, 0.6) is 0 Å². The van der Waals surface area contributed by atoms with Gasteiger partial charge in [0.1, 0.15) is 0 Å². The Morgan fingerprint density at radius 3 is 2.30 bits per heavy atom. The van der Waals surface area contributed by atoms with E-state index in [2.05, 4.69) is 0 Å². The van der Waals surface area contributed by atoms with Crippen LogP contribution >= 0.6 is 19.4 Å². The van der Waals surface area contributed by atoms with Crippen LogP contribution in [0, 0.1) is 0 Å². The van der Waals surface area contributed by atoms with Gasteiger partial charge in [-0.1, -0.05) is 0 Å². The van der Waals surface area contributed by atoms with Crippen molar-refractivity contribution in [2.45, 2.75) is 0 Å². The van der Waals surface area contributed by atoms with Crippen molar-refractivity contribution < 1.29 is 13.6 Å². The smallest absolute Gasteiger partial charge is 0.308 e. The third-order valence-corrected chi connectivity index (χ3v) is 3.32. The van der Waals surface area contributed by atoms with E-state index >= 15 is 0 Å². The van der Waals surface area contributed by atoms with E-state index in [-0.39, 0.29) is 0 Å². The Bertz CT molecular complexity index is 138. The Balaban J connectivity index is 2.38. The van der Waals surface area contributed by atoms with Gasteiger partial charge >= 0.3 is 7.60 Å². The van der Waals surface area contributed by atoms with Crippen LogP contribution in [-0.4, -0.2) is 31.4 Å². The van der Waals surface area contributed by atoms with Gasteiger partial charge in [0.2, 0.25) is 0 Å². The molecule has 10 heavy (non-hydrogen) atoms. The lowest BCUT2D eigenvalue weighted by atomic mass is 10.9. The van der Waals surface area contributed by atoms with Crippen LogP contribution in [0.1, 0.15) is 0 Å². The molecule has 0 amide bonds. The lowest BCUT2D eigenvalue weighted by molar-refractivity contribution is 0.224. The highest BCUT2D eigenvalue weighted by Gasteiger charge is 2.17. The molecular weight excluding hydrogens is 171 g/mol. The van der Waals surface area contributed by atoms with Gasteiger partial charge in [0, 0.05) is 18.2 Å². The fourth-order valence-electron chi connectivity index (χ4n) is 0.663. The monoisotopic (exact) mass is 182 g/mol. The Morgan fingerprint density at radius 2 is 1.80 bits per heavy atom. The second kappa shape index (κ2) is 3.77. The molecule has 5 heteroatoms. The average molecular weight is 182 g/mol. The zero-order valence-electron chi connectivity index (χ0n) is 5.91. The molecule has 0 radical (unpaired) electrons. The molecule has 0 aromatic rings. The minimum atomic E-state index is -2.67. The third-order valence-electron chi connectivity index (χ3n) is 1.11. The molecule has 1 aliphatic heterocycles. The summed E-state index contributed by atoms with van der Waals surface area (Å²) in [6.07, 6.45) is 0. The molecule has 0 aliphatic carbocycles. The quantitative estimate of drug-likeness (QED) is 0.533. The third kappa shape index (κ3) is 3.06. The summed E-state index contributed by atoms with van der Waals surface area (Å²) in [7, 11) is -2.67. The van der Waals surface area contributed by atoms with Crippen molar-refractivity contribution in [3.63, 3.8) is 0 Å². The highest BCUT2D eigenvalue weighted by atomic mass is 32.2. The Morgan fingerprint density at radius 1 is 1.30 bits per heavy atom. The topological polar surface area (TPSA) is 35.5 Å². The van der Waals surface area contributed by atoms with Crippen molar-refractivity contribution in [3.05, 3.63) is 0 Å². The predicted molar refractivity (Wildman–Crippen MR) is 42.8 cm³/mol. The molecule has 1 heterocycles. The second-order valence-corrected chi connectivity index (χ2v) is 5.33. The fraction of sp³-hybridized carbons (Fsp3) is 1.00. The van der Waals surface area contributed by atoms with E-state index in [1.165, 1.54) is 6.66 Å². The van der Waals surface area contributed by atoms with Crippen LogP contribution in [0.15, 0.2) is 0 Å². The van der Waals surface area contributed by atoms with Crippen molar-refractivity contribution in [2.75, 3.05) is 31.4 Å². The molecule has 0 unspecified atom stereocenters. The Labute approximate surface area is 65.0 Å². The van der Waals surface area contributed by atoms with Gasteiger partial charge in [0.05, 0.1) is 13.2 Å². The van der Waals surface area contributed by atoms with Gasteiger partial charge in [-0.05, 0) is 0 Å². The van der Waals surface area contributed by atoms with Crippen molar-refractivity contribution >= 4 is 19.4 Å². The molecular formula is C5H11O3PS. The van der Waals surface area contributed by atoms with Gasteiger partial charge < -0.3 is 9.05 Å². The Hall–Kier alpha value is 0.500. The first-order valence-corrected chi connectivity index (χ1v) is 6.29. The molecule has 0 bridgehead atoms. The maximum Gasteiger partial charge on any atom is 0.327 e. The van der Waals surface area contributed by atoms with E-state index in [4.69, 9.17) is 9.05 Å². The van der Waals surface area contributed by atoms with Gasteiger partial charge in [0.15, 0.2) is 0 Å². The van der Waals surface area contributed by atoms with Crippen LogP contribution in [0.3, 0.4) is 0 Å². The summed E-state index contributed by atoms with van der Waals surface area (Å²) in [6, 6.07) is 0. The van der Waals surface area contributed by atoms with Crippen LogP contribution in [0.25, 0.3) is 0 Å². The van der Waals surface area contributed by atoms with Gasteiger partial charge in [-0.3, -0.25) is 4.57 Å². The molecule has 0 atom stereocenters. The first kappa shape index (κ1) is 8.60. The summed E-state index contributed by atoms with van der Waals surface area (Å²) < 4.78 is 21.1. The second-order valence-electron chi connectivity index (χ2n) is 2.05. The number of rotatable bonds is 0. The molecule has 3 nitrogen and oxygen atoms in total. The van der Waals surface area contributed by atoms with Crippen LogP contribution in [-0.2, 0) is 13.6 Å². The molecule has 1 rings (SSSR count). The standard InChI is InChI=1S/C5H11O3PS/c1-9(6)7-2-4-10-5-3-8-9/h2-5H2,1H3.